The summed E-state index contributed by atoms with van der Waals surface area (Å²) in [5.41, 5.74) is -1.44. The van der Waals surface area contributed by atoms with Crippen molar-refractivity contribution >= 4 is 13.7 Å². The number of aliphatic hydroxyl groups is 2. The third kappa shape index (κ3) is 6.90. The van der Waals surface area contributed by atoms with Crippen molar-refractivity contribution in [2.75, 3.05) is 13.2 Å². The molecule has 1 aliphatic rings. The lowest BCUT2D eigenvalue weighted by molar-refractivity contribution is -0.149. The number of carbonyl (C=O) groups is 1. The van der Waals surface area contributed by atoms with Crippen LogP contribution in [0.4, 0.5) is 0 Å². The van der Waals surface area contributed by atoms with E-state index in [1.807, 2.05) is 0 Å². The Morgan fingerprint density at radius 3 is 2.53 bits per heavy atom. The quantitative estimate of drug-likeness (QED) is 0.237. The van der Waals surface area contributed by atoms with Crippen molar-refractivity contribution in [3.05, 3.63) is 63.4 Å². The summed E-state index contributed by atoms with van der Waals surface area (Å²) in [6, 6.07) is 8.13. The first-order valence-corrected chi connectivity index (χ1v) is 12.8. The molecule has 0 saturated carbocycles. The Hall–Kier alpha value is -2.80. The molecule has 13 nitrogen and oxygen atoms in total. The molecular formula is C22H30N3O10P. The Kier molecular flexibility index (Phi) is 9.23. The number of hydrogen-bond acceptors (Lipinski definition) is 10. The van der Waals surface area contributed by atoms with Gasteiger partial charge in [-0.2, -0.15) is 5.09 Å². The first-order chi connectivity index (χ1) is 17.0. The van der Waals surface area contributed by atoms with Gasteiger partial charge in [-0.1, -0.05) is 18.2 Å². The fraction of sp³-hybridized carbons (Fsp3) is 0.500. The average molecular weight is 527 g/mol. The predicted molar refractivity (Wildman–Crippen MR) is 126 cm³/mol. The summed E-state index contributed by atoms with van der Waals surface area (Å²) in [7, 11) is -4.22. The third-order valence-electron chi connectivity index (χ3n) is 5.29. The zero-order valence-corrected chi connectivity index (χ0v) is 20.9. The van der Waals surface area contributed by atoms with Crippen LogP contribution >= 0.6 is 7.75 Å². The highest BCUT2D eigenvalue weighted by atomic mass is 31.2. The Balaban J connectivity index is 1.79. The summed E-state index contributed by atoms with van der Waals surface area (Å²) in [5.74, 6) is -1.41. The van der Waals surface area contributed by atoms with Crippen LogP contribution in [0.25, 0.3) is 0 Å². The smallest absolute Gasteiger partial charge is 0.459 e. The molecule has 6 unspecified atom stereocenters. The maximum atomic E-state index is 13.6. The molecule has 1 aromatic heterocycles. The van der Waals surface area contributed by atoms with Crippen LogP contribution in [0.15, 0.2) is 52.2 Å². The van der Waals surface area contributed by atoms with Crippen molar-refractivity contribution in [2.24, 2.45) is 5.92 Å². The molecule has 14 heteroatoms. The van der Waals surface area contributed by atoms with E-state index >= 15 is 0 Å². The van der Waals surface area contributed by atoms with Crippen LogP contribution in [0.3, 0.4) is 0 Å². The van der Waals surface area contributed by atoms with Gasteiger partial charge in [0.05, 0.1) is 25.4 Å². The van der Waals surface area contributed by atoms with E-state index in [1.54, 1.807) is 44.2 Å². The highest BCUT2D eigenvalue weighted by molar-refractivity contribution is 7.52. The molecule has 1 fully saturated rings. The van der Waals surface area contributed by atoms with E-state index in [1.165, 1.54) is 6.92 Å². The first kappa shape index (κ1) is 27.8. The highest BCUT2D eigenvalue weighted by Gasteiger charge is 2.46. The molecule has 2 heterocycles. The number of nitrogens with one attached hydrogen (secondary N) is 2. The number of para-hydroxylation sites is 1. The molecule has 0 spiro atoms. The van der Waals surface area contributed by atoms with Gasteiger partial charge in [0.2, 0.25) is 0 Å². The molecule has 0 bridgehead atoms. The van der Waals surface area contributed by atoms with Gasteiger partial charge in [0, 0.05) is 18.2 Å². The summed E-state index contributed by atoms with van der Waals surface area (Å²) in [6.07, 6.45) is -2.87. The monoisotopic (exact) mass is 527 g/mol. The van der Waals surface area contributed by atoms with Gasteiger partial charge in [0.1, 0.15) is 17.9 Å². The average Bonchev–Trinajstić information content (AvgIpc) is 3.13. The molecule has 1 aromatic carbocycles. The lowest BCUT2D eigenvalue weighted by Crippen LogP contribution is -2.37. The van der Waals surface area contributed by atoms with Crippen molar-refractivity contribution < 1.29 is 38.1 Å². The Morgan fingerprint density at radius 2 is 1.92 bits per heavy atom. The minimum absolute atomic E-state index is 0.196. The van der Waals surface area contributed by atoms with Gasteiger partial charge >= 0.3 is 19.4 Å². The van der Waals surface area contributed by atoms with E-state index in [2.05, 4.69) is 10.1 Å². The molecule has 0 aliphatic carbocycles. The maximum Gasteiger partial charge on any atom is 0.459 e. The van der Waals surface area contributed by atoms with Gasteiger partial charge in [-0.05, 0) is 32.9 Å². The predicted octanol–water partition coefficient (Wildman–Crippen LogP) is 0.537. The van der Waals surface area contributed by atoms with E-state index in [9.17, 15) is 29.2 Å². The van der Waals surface area contributed by atoms with Gasteiger partial charge < -0.3 is 24.2 Å². The molecule has 0 amide bonds. The van der Waals surface area contributed by atoms with Crippen molar-refractivity contribution in [1.29, 1.82) is 0 Å². The Morgan fingerprint density at radius 1 is 1.22 bits per heavy atom. The number of aliphatic hydroxyl groups excluding tert-OH is 2. The number of carbonyl (C=O) groups excluding carboxylic acids is 1. The SMILES string of the molecule is CC(C)OC(=O)C(C)NP(=O)(OCC1OC(n2ccc(=O)[nH]c2=O)C(O)C1CO)Oc1ccccc1. The molecule has 36 heavy (non-hydrogen) atoms. The van der Waals surface area contributed by atoms with Crippen LogP contribution in [0.1, 0.15) is 27.0 Å². The second-order valence-electron chi connectivity index (χ2n) is 8.45. The minimum atomic E-state index is -4.22. The number of benzene rings is 1. The molecule has 4 N–H and O–H groups in total. The number of aromatic nitrogens is 2. The van der Waals surface area contributed by atoms with Gasteiger partial charge in [-0.15, -0.1) is 0 Å². The molecule has 6 atom stereocenters. The maximum absolute atomic E-state index is 13.6. The number of H-pyrrole nitrogens is 1. The van der Waals surface area contributed by atoms with Crippen LogP contribution in [-0.4, -0.2) is 63.3 Å². The summed E-state index contributed by atoms with van der Waals surface area (Å²) >= 11 is 0. The number of aromatic amines is 1. The van der Waals surface area contributed by atoms with E-state index in [4.69, 9.17) is 18.5 Å². The van der Waals surface area contributed by atoms with Crippen molar-refractivity contribution in [3.8, 4) is 5.75 Å². The van der Waals surface area contributed by atoms with Crippen LogP contribution in [0, 0.1) is 5.92 Å². The van der Waals surface area contributed by atoms with Crippen molar-refractivity contribution in [2.45, 2.75) is 51.4 Å². The fourth-order valence-corrected chi connectivity index (χ4v) is 5.05. The van der Waals surface area contributed by atoms with E-state index in [-0.39, 0.29) is 5.75 Å². The van der Waals surface area contributed by atoms with Crippen LogP contribution in [0.2, 0.25) is 0 Å². The molecule has 2 aromatic rings. The number of esters is 1. The van der Waals surface area contributed by atoms with Gasteiger partial charge in [-0.25, -0.2) is 9.36 Å². The van der Waals surface area contributed by atoms with Crippen molar-refractivity contribution in [3.63, 3.8) is 0 Å². The molecular weight excluding hydrogens is 497 g/mol. The van der Waals surface area contributed by atoms with Crippen molar-refractivity contribution in [1.82, 2.24) is 14.6 Å². The van der Waals surface area contributed by atoms with E-state index < -0.39 is 74.7 Å². The number of hydrogen-bond donors (Lipinski definition) is 4. The van der Waals surface area contributed by atoms with Gasteiger partial charge in [-0.3, -0.25) is 23.7 Å². The molecule has 1 aliphatic heterocycles. The van der Waals surface area contributed by atoms with E-state index in [0.717, 1.165) is 16.8 Å². The molecule has 3 rings (SSSR count). The van der Waals surface area contributed by atoms with Crippen LogP contribution in [0.5, 0.6) is 5.75 Å². The minimum Gasteiger partial charge on any atom is -0.462 e. The normalized spacial score (nSPS) is 24.3. The molecule has 1 saturated heterocycles. The number of nitrogens with zero attached hydrogens (tertiary/aromatic N) is 1. The van der Waals surface area contributed by atoms with Crippen LogP contribution < -0.4 is 20.9 Å². The number of rotatable bonds is 11. The largest absolute Gasteiger partial charge is 0.462 e. The zero-order chi connectivity index (χ0) is 26.5. The topological polar surface area (TPSA) is 178 Å². The van der Waals surface area contributed by atoms with Gasteiger partial charge in [0.15, 0.2) is 6.23 Å². The Labute approximate surface area is 206 Å². The Bertz CT molecular complexity index is 1180. The summed E-state index contributed by atoms with van der Waals surface area (Å²) < 4.78 is 36.6. The second-order valence-corrected chi connectivity index (χ2v) is 10.1. The molecule has 0 radical (unpaired) electrons. The standard InChI is InChI=1S/C22H30N3O10P/c1-13(2)33-21(29)14(3)24-36(31,35-15-7-5-4-6-8-15)32-12-17-16(11-26)19(28)20(34-17)25-10-9-18(27)23-22(25)30/h4-10,13-14,16-17,19-20,26,28H,11-12H2,1-3H3,(H,24,31)(H,23,27,30). The summed E-state index contributed by atoms with van der Waals surface area (Å²) in [6.45, 7) is 3.78. The van der Waals surface area contributed by atoms with Gasteiger partial charge in [0.25, 0.3) is 5.56 Å². The lowest BCUT2D eigenvalue weighted by atomic mass is 9.99. The second kappa shape index (κ2) is 12.0. The molecule has 198 valence electrons. The lowest BCUT2D eigenvalue weighted by Gasteiger charge is -2.25. The van der Waals surface area contributed by atoms with E-state index in [0.29, 0.717) is 0 Å². The number of ether oxygens (including phenoxy) is 2. The highest BCUT2D eigenvalue weighted by Crippen LogP contribution is 2.46. The summed E-state index contributed by atoms with van der Waals surface area (Å²) in [4.78, 5) is 37.9. The van der Waals surface area contributed by atoms with Crippen LogP contribution in [-0.2, 0) is 23.4 Å². The zero-order valence-electron chi connectivity index (χ0n) is 20.0. The first-order valence-electron chi connectivity index (χ1n) is 11.3. The fourth-order valence-electron chi connectivity index (χ4n) is 3.54. The third-order valence-corrected chi connectivity index (χ3v) is 6.94. The summed E-state index contributed by atoms with van der Waals surface area (Å²) in [5, 5.41) is 23.0.